The van der Waals surface area contributed by atoms with Crippen LogP contribution < -0.4 is 5.32 Å². The lowest BCUT2D eigenvalue weighted by Crippen LogP contribution is -2.22. The highest BCUT2D eigenvalue weighted by atomic mass is 16.1. The fraction of sp³-hybridized carbons (Fsp3) is 0.0526. The molecule has 3 heterocycles. The van der Waals surface area contributed by atoms with Gasteiger partial charge < -0.3 is 5.32 Å². The van der Waals surface area contributed by atoms with Gasteiger partial charge in [0.1, 0.15) is 12.1 Å². The summed E-state index contributed by atoms with van der Waals surface area (Å²) in [6.45, 7) is 0.416. The summed E-state index contributed by atoms with van der Waals surface area (Å²) in [5.74, 6) is 0.657. The lowest BCUT2D eigenvalue weighted by Gasteiger charge is -2.07. The molecule has 6 nitrogen and oxygen atoms in total. The lowest BCUT2D eigenvalue weighted by atomic mass is 10.2. The molecule has 0 saturated heterocycles. The lowest BCUT2D eigenvalue weighted by molar-refractivity contribution is 0.0951. The van der Waals surface area contributed by atoms with Crippen LogP contribution in [-0.4, -0.2) is 25.4 Å². The second kappa shape index (κ2) is 6.52. The highest BCUT2D eigenvalue weighted by Crippen LogP contribution is 2.16. The SMILES string of the molecule is O=C(NCc1ccc(-n2cnc3ccccc32)nc1)c1ccncc1. The molecular formula is C19H15N5O. The first-order valence-electron chi connectivity index (χ1n) is 7.87. The molecule has 1 N–H and O–H groups in total. The van der Waals surface area contributed by atoms with Crippen LogP contribution in [0.15, 0.2) is 73.4 Å². The van der Waals surface area contributed by atoms with Crippen LogP contribution in [0.1, 0.15) is 15.9 Å². The molecule has 3 aromatic heterocycles. The molecule has 0 spiro atoms. The van der Waals surface area contributed by atoms with Gasteiger partial charge in [0.25, 0.3) is 5.91 Å². The van der Waals surface area contributed by atoms with Crippen molar-refractivity contribution in [3.63, 3.8) is 0 Å². The Kier molecular flexibility index (Phi) is 3.92. The van der Waals surface area contributed by atoms with E-state index in [0.29, 0.717) is 12.1 Å². The van der Waals surface area contributed by atoms with E-state index in [4.69, 9.17) is 0 Å². The molecule has 0 aliphatic rings. The van der Waals surface area contributed by atoms with Crippen LogP contribution >= 0.6 is 0 Å². The number of aromatic nitrogens is 4. The third kappa shape index (κ3) is 3.10. The van der Waals surface area contributed by atoms with Crippen molar-refractivity contribution in [3.05, 3.63) is 84.6 Å². The molecule has 0 aliphatic heterocycles. The number of nitrogens with zero attached hydrogens (tertiary/aromatic N) is 4. The van der Waals surface area contributed by atoms with Crippen LogP contribution in [0, 0.1) is 0 Å². The van der Waals surface area contributed by atoms with Crippen molar-refractivity contribution in [2.75, 3.05) is 0 Å². The van der Waals surface area contributed by atoms with Gasteiger partial charge in [-0.05, 0) is 35.9 Å². The Hall–Kier alpha value is -3.54. The number of imidazole rings is 1. The predicted octanol–water partition coefficient (Wildman–Crippen LogP) is 2.75. The Labute approximate surface area is 144 Å². The first-order valence-corrected chi connectivity index (χ1v) is 7.87. The maximum atomic E-state index is 12.0. The van der Waals surface area contributed by atoms with Crippen LogP contribution in [0.25, 0.3) is 16.9 Å². The van der Waals surface area contributed by atoms with Gasteiger partial charge >= 0.3 is 0 Å². The summed E-state index contributed by atoms with van der Waals surface area (Å²) in [6, 6.07) is 15.1. The minimum Gasteiger partial charge on any atom is -0.348 e. The van der Waals surface area contributed by atoms with Crippen molar-refractivity contribution in [3.8, 4) is 5.82 Å². The molecule has 1 aromatic carbocycles. The van der Waals surface area contributed by atoms with Crippen LogP contribution in [0.2, 0.25) is 0 Å². The standard InChI is InChI=1S/C19H15N5O/c25-19(15-7-9-20-10-8-15)22-12-14-5-6-18(21-11-14)24-13-23-16-3-1-2-4-17(16)24/h1-11,13H,12H2,(H,22,25). The summed E-state index contributed by atoms with van der Waals surface area (Å²) in [6.07, 6.45) is 6.72. The van der Waals surface area contributed by atoms with Gasteiger partial charge in [0.2, 0.25) is 0 Å². The van der Waals surface area contributed by atoms with Crippen LogP contribution in [-0.2, 0) is 6.54 Å². The van der Waals surface area contributed by atoms with Crippen molar-refractivity contribution in [1.29, 1.82) is 0 Å². The minimum absolute atomic E-state index is 0.132. The van der Waals surface area contributed by atoms with Crippen LogP contribution in [0.4, 0.5) is 0 Å². The zero-order chi connectivity index (χ0) is 17.1. The van der Waals surface area contributed by atoms with E-state index in [9.17, 15) is 4.79 Å². The maximum absolute atomic E-state index is 12.0. The van der Waals surface area contributed by atoms with E-state index in [1.165, 1.54) is 0 Å². The summed E-state index contributed by atoms with van der Waals surface area (Å²) in [5, 5.41) is 2.87. The number of amides is 1. The molecule has 0 aliphatic carbocycles. The Morgan fingerprint density at radius 3 is 2.64 bits per heavy atom. The van der Waals surface area contributed by atoms with Crippen molar-refractivity contribution in [2.45, 2.75) is 6.54 Å². The number of hydrogen-bond acceptors (Lipinski definition) is 4. The van der Waals surface area contributed by atoms with Crippen molar-refractivity contribution < 1.29 is 4.79 Å². The smallest absolute Gasteiger partial charge is 0.251 e. The number of carbonyl (C=O) groups is 1. The number of rotatable bonds is 4. The number of fused-ring (bicyclic) bond motifs is 1. The summed E-state index contributed by atoms with van der Waals surface area (Å²) in [5.41, 5.74) is 3.45. The van der Waals surface area contributed by atoms with Gasteiger partial charge in [0, 0.05) is 30.7 Å². The summed E-state index contributed by atoms with van der Waals surface area (Å²) >= 11 is 0. The second-order valence-corrected chi connectivity index (χ2v) is 5.55. The largest absolute Gasteiger partial charge is 0.348 e. The molecule has 0 fully saturated rings. The van der Waals surface area contributed by atoms with Gasteiger partial charge in [-0.15, -0.1) is 0 Å². The molecule has 122 valence electrons. The fourth-order valence-corrected chi connectivity index (χ4v) is 2.59. The number of carbonyl (C=O) groups excluding carboxylic acids is 1. The number of pyridine rings is 2. The van der Waals surface area contributed by atoms with E-state index < -0.39 is 0 Å². The Morgan fingerprint density at radius 2 is 1.84 bits per heavy atom. The van der Waals surface area contributed by atoms with Gasteiger partial charge in [-0.2, -0.15) is 0 Å². The first kappa shape index (κ1) is 15.0. The number of nitrogens with one attached hydrogen (secondary N) is 1. The molecule has 1 amide bonds. The zero-order valence-electron chi connectivity index (χ0n) is 13.3. The van der Waals surface area contributed by atoms with E-state index in [-0.39, 0.29) is 5.91 Å². The van der Waals surface area contributed by atoms with Gasteiger partial charge in [0.15, 0.2) is 0 Å². The van der Waals surface area contributed by atoms with Gasteiger partial charge in [-0.3, -0.25) is 14.3 Å². The van der Waals surface area contributed by atoms with E-state index in [0.717, 1.165) is 22.4 Å². The third-order valence-corrected chi connectivity index (χ3v) is 3.91. The molecular weight excluding hydrogens is 314 g/mol. The van der Waals surface area contributed by atoms with Crippen molar-refractivity contribution in [2.24, 2.45) is 0 Å². The van der Waals surface area contributed by atoms with E-state index in [1.807, 2.05) is 41.0 Å². The van der Waals surface area contributed by atoms with Gasteiger partial charge in [0.05, 0.1) is 11.0 Å². The maximum Gasteiger partial charge on any atom is 0.251 e. The summed E-state index contributed by atoms with van der Waals surface area (Å²) in [4.78, 5) is 24.8. The Bertz CT molecular complexity index is 1010. The predicted molar refractivity (Wildman–Crippen MR) is 94.3 cm³/mol. The molecule has 4 aromatic rings. The molecule has 0 unspecified atom stereocenters. The number of hydrogen-bond donors (Lipinski definition) is 1. The summed E-state index contributed by atoms with van der Waals surface area (Å²) < 4.78 is 1.94. The molecule has 0 bridgehead atoms. The number of benzene rings is 1. The number of para-hydroxylation sites is 2. The zero-order valence-corrected chi connectivity index (χ0v) is 13.3. The van der Waals surface area contributed by atoms with Gasteiger partial charge in [-0.25, -0.2) is 9.97 Å². The van der Waals surface area contributed by atoms with Gasteiger partial charge in [-0.1, -0.05) is 18.2 Å². The topological polar surface area (TPSA) is 72.7 Å². The average molecular weight is 329 g/mol. The highest BCUT2D eigenvalue weighted by Gasteiger charge is 2.07. The molecule has 0 saturated carbocycles. The van der Waals surface area contributed by atoms with E-state index in [1.54, 1.807) is 37.1 Å². The minimum atomic E-state index is -0.132. The molecule has 0 atom stereocenters. The second-order valence-electron chi connectivity index (χ2n) is 5.55. The molecule has 25 heavy (non-hydrogen) atoms. The Morgan fingerprint density at radius 1 is 1.00 bits per heavy atom. The average Bonchev–Trinajstić information content (AvgIpc) is 3.11. The van der Waals surface area contributed by atoms with Crippen molar-refractivity contribution in [1.82, 2.24) is 24.8 Å². The quantitative estimate of drug-likeness (QED) is 0.625. The normalized spacial score (nSPS) is 10.7. The third-order valence-electron chi connectivity index (χ3n) is 3.91. The van der Waals surface area contributed by atoms with Crippen LogP contribution in [0.3, 0.4) is 0 Å². The Balaban J connectivity index is 1.48. The summed E-state index contributed by atoms with van der Waals surface area (Å²) in [7, 11) is 0. The molecule has 6 heteroatoms. The van der Waals surface area contributed by atoms with E-state index in [2.05, 4.69) is 20.3 Å². The van der Waals surface area contributed by atoms with Crippen molar-refractivity contribution >= 4 is 16.9 Å². The fourth-order valence-electron chi connectivity index (χ4n) is 2.59. The van der Waals surface area contributed by atoms with Crippen LogP contribution in [0.5, 0.6) is 0 Å². The first-order chi connectivity index (χ1) is 12.3. The molecule has 0 radical (unpaired) electrons. The molecule has 4 rings (SSSR count). The van der Waals surface area contributed by atoms with E-state index >= 15 is 0 Å². The monoisotopic (exact) mass is 329 g/mol. The highest BCUT2D eigenvalue weighted by molar-refractivity contribution is 5.93.